The van der Waals surface area contributed by atoms with Gasteiger partial charge in [-0.1, -0.05) is 17.7 Å². The van der Waals surface area contributed by atoms with Crippen molar-refractivity contribution in [1.29, 1.82) is 0 Å². The van der Waals surface area contributed by atoms with E-state index >= 15 is 0 Å². The molecule has 0 atom stereocenters. The smallest absolute Gasteiger partial charge is 0.248 e. The lowest BCUT2D eigenvalue weighted by Gasteiger charge is -2.29. The lowest BCUT2D eigenvalue weighted by Crippen LogP contribution is -2.37. The van der Waals surface area contributed by atoms with Gasteiger partial charge in [-0.05, 0) is 50.7 Å². The molecular weight excluding hydrogens is 433 g/mol. The molecule has 0 unspecified atom stereocenters. The first-order valence-electron chi connectivity index (χ1n) is 10.4. The average Bonchev–Trinajstić information content (AvgIpc) is 2.73. The predicted octanol–water partition coefficient (Wildman–Crippen LogP) is 4.77. The van der Waals surface area contributed by atoms with Crippen LogP contribution in [0.15, 0.2) is 48.8 Å². The number of rotatable bonds is 8. The van der Waals surface area contributed by atoms with Gasteiger partial charge in [-0.2, -0.15) is 0 Å². The summed E-state index contributed by atoms with van der Waals surface area (Å²) in [5.74, 6) is 0.254. The molecule has 1 aliphatic rings. The van der Waals surface area contributed by atoms with Gasteiger partial charge in [-0.3, -0.25) is 9.69 Å². The van der Waals surface area contributed by atoms with Crippen LogP contribution in [-0.2, 0) is 4.79 Å². The van der Waals surface area contributed by atoms with E-state index in [0.29, 0.717) is 40.5 Å². The minimum Gasteiger partial charge on any atom is -0.492 e. The number of amides is 1. The molecule has 4 rings (SSSR count). The second kappa shape index (κ2) is 9.93. The monoisotopic (exact) mass is 455 g/mol. The summed E-state index contributed by atoms with van der Waals surface area (Å²) in [6, 6.07) is 7.83. The summed E-state index contributed by atoms with van der Waals surface area (Å²) < 4.78 is 19.2. The number of aromatic nitrogens is 2. The molecule has 0 bridgehead atoms. The van der Waals surface area contributed by atoms with Crippen LogP contribution >= 0.6 is 11.6 Å². The van der Waals surface area contributed by atoms with Crippen LogP contribution in [0.5, 0.6) is 5.75 Å². The van der Waals surface area contributed by atoms with Crippen molar-refractivity contribution < 1.29 is 13.9 Å². The Hall–Kier alpha value is -3.23. The number of anilines is 3. The Morgan fingerprint density at radius 3 is 2.84 bits per heavy atom. The van der Waals surface area contributed by atoms with Gasteiger partial charge in [0.1, 0.15) is 23.7 Å². The third kappa shape index (κ3) is 5.15. The summed E-state index contributed by atoms with van der Waals surface area (Å²) in [4.78, 5) is 23.3. The molecule has 9 heteroatoms. The molecule has 7 nitrogen and oxygen atoms in total. The number of likely N-dealkylation sites (tertiary alicyclic amines) is 1. The van der Waals surface area contributed by atoms with Crippen molar-refractivity contribution in [2.75, 3.05) is 36.9 Å². The number of nitrogens with zero attached hydrogens (tertiary/aromatic N) is 3. The van der Waals surface area contributed by atoms with Gasteiger partial charge >= 0.3 is 0 Å². The third-order valence-corrected chi connectivity index (χ3v) is 5.35. The van der Waals surface area contributed by atoms with Gasteiger partial charge in [0.2, 0.25) is 5.91 Å². The topological polar surface area (TPSA) is 79.4 Å². The maximum atomic E-state index is 13.5. The molecule has 1 amide bonds. The van der Waals surface area contributed by atoms with Gasteiger partial charge in [0, 0.05) is 29.8 Å². The van der Waals surface area contributed by atoms with Crippen LogP contribution in [0.1, 0.15) is 13.3 Å². The van der Waals surface area contributed by atoms with Gasteiger partial charge in [-0.15, -0.1) is 0 Å². The van der Waals surface area contributed by atoms with E-state index in [2.05, 4.69) is 25.5 Å². The van der Waals surface area contributed by atoms with E-state index in [4.69, 9.17) is 16.3 Å². The lowest BCUT2D eigenvalue weighted by molar-refractivity contribution is -0.111. The summed E-state index contributed by atoms with van der Waals surface area (Å²) >= 11 is 5.89. The Balaban J connectivity index is 1.61. The maximum absolute atomic E-state index is 13.5. The molecule has 1 aromatic heterocycles. The summed E-state index contributed by atoms with van der Waals surface area (Å²) in [6.45, 7) is 5.20. The molecule has 1 saturated heterocycles. The molecule has 0 saturated carbocycles. The molecule has 2 aromatic carbocycles. The number of carbonyl (C=O) groups is 1. The van der Waals surface area contributed by atoms with E-state index in [-0.39, 0.29) is 10.9 Å². The fraction of sp³-hybridized carbons (Fsp3) is 0.261. The molecule has 166 valence electrons. The van der Waals surface area contributed by atoms with Gasteiger partial charge in [0.25, 0.3) is 0 Å². The van der Waals surface area contributed by atoms with Crippen LogP contribution in [0.2, 0.25) is 5.02 Å². The number of carbonyl (C=O) groups excluding carboxylic acids is 1. The fourth-order valence-electron chi connectivity index (χ4n) is 3.31. The Kier molecular flexibility index (Phi) is 6.82. The zero-order valence-corrected chi connectivity index (χ0v) is 18.3. The second-order valence-corrected chi connectivity index (χ2v) is 7.73. The van der Waals surface area contributed by atoms with Gasteiger partial charge in [0.15, 0.2) is 0 Å². The number of halogens is 2. The number of benzene rings is 2. The van der Waals surface area contributed by atoms with Gasteiger partial charge in [-0.25, -0.2) is 14.4 Å². The zero-order chi connectivity index (χ0) is 22.5. The molecule has 2 N–H and O–H groups in total. The number of ether oxygens (including phenoxy) is 1. The highest BCUT2D eigenvalue weighted by Gasteiger charge is 2.14. The summed E-state index contributed by atoms with van der Waals surface area (Å²) in [5.41, 5.74) is 1.71. The minimum absolute atomic E-state index is 0.00459. The quantitative estimate of drug-likeness (QED) is 0.476. The molecule has 0 aliphatic carbocycles. The first-order valence-corrected chi connectivity index (χ1v) is 10.7. The molecule has 32 heavy (non-hydrogen) atoms. The van der Waals surface area contributed by atoms with Crippen LogP contribution in [0, 0.1) is 5.82 Å². The predicted molar refractivity (Wildman–Crippen MR) is 124 cm³/mol. The summed E-state index contributed by atoms with van der Waals surface area (Å²) in [5, 5.41) is 6.68. The zero-order valence-electron chi connectivity index (χ0n) is 17.6. The number of hydrogen-bond acceptors (Lipinski definition) is 6. The third-order valence-electron chi connectivity index (χ3n) is 5.06. The Morgan fingerprint density at radius 2 is 2.12 bits per heavy atom. The number of fused-ring (bicyclic) bond motifs is 1. The van der Waals surface area contributed by atoms with E-state index in [1.807, 2.05) is 13.0 Å². The van der Waals surface area contributed by atoms with Crippen LogP contribution in [-0.4, -0.2) is 47.0 Å². The van der Waals surface area contributed by atoms with Crippen LogP contribution in [0.25, 0.3) is 10.9 Å². The average molecular weight is 456 g/mol. The molecule has 3 aromatic rings. The van der Waals surface area contributed by atoms with Crippen molar-refractivity contribution >= 4 is 45.6 Å². The SMILES string of the molecule is CCOc1cc2ncnc(Nc3ccc(F)c(Cl)c3)c2cc1NC(=O)/C=C/CN1CCC1. The van der Waals surface area contributed by atoms with Crippen molar-refractivity contribution in [1.82, 2.24) is 14.9 Å². The first kappa shape index (κ1) is 22.0. The van der Waals surface area contributed by atoms with Crippen molar-refractivity contribution in [3.8, 4) is 5.75 Å². The summed E-state index contributed by atoms with van der Waals surface area (Å²) in [7, 11) is 0. The van der Waals surface area contributed by atoms with Crippen LogP contribution in [0.4, 0.5) is 21.6 Å². The standard InChI is InChI=1S/C23H23ClFN5O2/c1-2-32-21-13-19-16(12-20(21)29-22(31)5-3-8-30-9-4-10-30)23(27-14-26-19)28-15-6-7-18(25)17(24)11-15/h3,5-7,11-14H,2,4,8-10H2,1H3,(H,29,31)(H,26,27,28)/b5-3+. The highest BCUT2D eigenvalue weighted by atomic mass is 35.5. The minimum atomic E-state index is -0.502. The second-order valence-electron chi connectivity index (χ2n) is 7.32. The molecule has 1 fully saturated rings. The van der Waals surface area contributed by atoms with E-state index in [1.54, 1.807) is 18.2 Å². The highest BCUT2D eigenvalue weighted by Crippen LogP contribution is 2.33. The number of nitrogens with one attached hydrogen (secondary N) is 2. The van der Waals surface area contributed by atoms with Crippen molar-refractivity contribution in [3.63, 3.8) is 0 Å². The number of hydrogen-bond donors (Lipinski definition) is 2. The van der Waals surface area contributed by atoms with Crippen molar-refractivity contribution in [2.45, 2.75) is 13.3 Å². The molecular formula is C23H23ClFN5O2. The Bertz CT molecular complexity index is 1170. The first-order chi connectivity index (χ1) is 15.5. The summed E-state index contributed by atoms with van der Waals surface area (Å²) in [6.07, 6.45) is 6.00. The van der Waals surface area contributed by atoms with E-state index in [0.717, 1.165) is 19.6 Å². The normalized spacial score (nSPS) is 13.8. The molecule has 0 spiro atoms. The molecule has 2 heterocycles. The Morgan fingerprint density at radius 1 is 1.28 bits per heavy atom. The lowest BCUT2D eigenvalue weighted by atomic mass is 10.1. The van der Waals surface area contributed by atoms with Gasteiger partial charge in [0.05, 0.1) is 22.8 Å². The molecule has 0 radical (unpaired) electrons. The van der Waals surface area contributed by atoms with E-state index < -0.39 is 5.82 Å². The van der Waals surface area contributed by atoms with Crippen LogP contribution < -0.4 is 15.4 Å². The molecule has 1 aliphatic heterocycles. The maximum Gasteiger partial charge on any atom is 0.248 e. The van der Waals surface area contributed by atoms with Crippen molar-refractivity contribution in [2.24, 2.45) is 0 Å². The van der Waals surface area contributed by atoms with E-state index in [9.17, 15) is 9.18 Å². The Labute approximate surface area is 190 Å². The highest BCUT2D eigenvalue weighted by molar-refractivity contribution is 6.31. The van der Waals surface area contributed by atoms with Crippen molar-refractivity contribution in [3.05, 3.63) is 59.7 Å². The van der Waals surface area contributed by atoms with Crippen LogP contribution in [0.3, 0.4) is 0 Å². The fourth-order valence-corrected chi connectivity index (χ4v) is 3.49. The van der Waals surface area contributed by atoms with E-state index in [1.165, 1.54) is 31.0 Å². The van der Waals surface area contributed by atoms with Gasteiger partial charge < -0.3 is 15.4 Å². The largest absolute Gasteiger partial charge is 0.492 e.